The average molecular weight is 485 g/mol. The van der Waals surface area contributed by atoms with E-state index in [1.165, 1.54) is 11.8 Å². The zero-order valence-corrected chi connectivity index (χ0v) is 20.2. The second kappa shape index (κ2) is 9.89. The van der Waals surface area contributed by atoms with Crippen LogP contribution in [0.5, 0.6) is 0 Å². The number of nitrogens with zero attached hydrogens (tertiary/aromatic N) is 2. The van der Waals surface area contributed by atoms with E-state index in [2.05, 4.69) is 20.5 Å². The second-order valence-corrected chi connectivity index (χ2v) is 9.95. The topological polar surface area (TPSA) is 93.0 Å². The number of rotatable bonds is 7. The summed E-state index contributed by atoms with van der Waals surface area (Å²) in [6.45, 7) is 5.46. The minimum absolute atomic E-state index is 0.324. The molecule has 4 rings (SSSR count). The number of carbonyl (C=O) groups excluding carboxylic acids is 1. The van der Waals surface area contributed by atoms with Gasteiger partial charge >= 0.3 is 6.09 Å². The maximum atomic E-state index is 12.5. The highest BCUT2D eigenvalue weighted by atomic mass is 35.5. The number of H-pyrrole nitrogens is 1. The van der Waals surface area contributed by atoms with E-state index in [1.54, 1.807) is 0 Å². The van der Waals surface area contributed by atoms with Crippen molar-refractivity contribution in [2.75, 3.05) is 0 Å². The molecule has 2 aromatic carbocycles. The van der Waals surface area contributed by atoms with Crippen molar-refractivity contribution < 1.29 is 13.9 Å². The lowest BCUT2D eigenvalue weighted by Gasteiger charge is -2.22. The van der Waals surface area contributed by atoms with Crippen molar-refractivity contribution in [3.63, 3.8) is 0 Å². The Hall–Kier alpha value is -2.97. The van der Waals surface area contributed by atoms with Crippen molar-refractivity contribution in [2.45, 2.75) is 49.8 Å². The third-order valence-corrected chi connectivity index (χ3v) is 5.93. The van der Waals surface area contributed by atoms with Gasteiger partial charge in [0, 0.05) is 34.3 Å². The van der Waals surface area contributed by atoms with Crippen LogP contribution in [0.2, 0.25) is 5.02 Å². The fourth-order valence-corrected chi connectivity index (χ4v) is 4.17. The van der Waals surface area contributed by atoms with Crippen LogP contribution in [0.25, 0.3) is 10.9 Å². The number of aromatic amines is 1. The molecule has 9 heteroatoms. The number of nitrogens with one attached hydrogen (secondary N) is 2. The van der Waals surface area contributed by atoms with Crippen molar-refractivity contribution in [3.05, 3.63) is 76.8 Å². The first-order chi connectivity index (χ1) is 15.8. The van der Waals surface area contributed by atoms with Crippen LogP contribution in [0, 0.1) is 0 Å². The van der Waals surface area contributed by atoms with Crippen LogP contribution in [0.4, 0.5) is 4.79 Å². The predicted molar refractivity (Wildman–Crippen MR) is 129 cm³/mol. The molecule has 0 fully saturated rings. The summed E-state index contributed by atoms with van der Waals surface area (Å²) < 4.78 is 11.4. The molecule has 0 unspecified atom stereocenters. The Labute approximate surface area is 201 Å². The number of para-hydroxylation sites is 1. The Bertz CT molecular complexity index is 1230. The molecule has 0 aliphatic rings. The third kappa shape index (κ3) is 6.30. The molecule has 0 saturated carbocycles. The van der Waals surface area contributed by atoms with E-state index in [4.69, 9.17) is 20.8 Å². The molecule has 0 aliphatic heterocycles. The molecule has 0 aliphatic carbocycles. The van der Waals surface area contributed by atoms with Gasteiger partial charge in [0.1, 0.15) is 11.6 Å². The molecule has 0 saturated heterocycles. The first-order valence-corrected chi connectivity index (χ1v) is 11.9. The van der Waals surface area contributed by atoms with Gasteiger partial charge in [-0.2, -0.15) is 0 Å². The monoisotopic (exact) mass is 484 g/mol. The molecule has 1 amide bonds. The molecule has 0 bridgehead atoms. The number of carbonyl (C=O) groups is 1. The highest BCUT2D eigenvalue weighted by molar-refractivity contribution is 7.98. The minimum Gasteiger partial charge on any atom is -0.444 e. The number of benzene rings is 2. The van der Waals surface area contributed by atoms with Gasteiger partial charge in [-0.25, -0.2) is 4.79 Å². The maximum Gasteiger partial charge on any atom is 0.408 e. The summed E-state index contributed by atoms with van der Waals surface area (Å²) in [7, 11) is 0. The Balaban J connectivity index is 1.52. The summed E-state index contributed by atoms with van der Waals surface area (Å²) in [5.41, 5.74) is 2.52. The van der Waals surface area contributed by atoms with Gasteiger partial charge in [0.2, 0.25) is 5.89 Å². The molecular weight excluding hydrogens is 460 g/mol. The van der Waals surface area contributed by atoms with Gasteiger partial charge in [0.15, 0.2) is 0 Å². The van der Waals surface area contributed by atoms with Gasteiger partial charge in [0.05, 0.1) is 0 Å². The summed E-state index contributed by atoms with van der Waals surface area (Å²) in [5.74, 6) is 0.982. The number of alkyl carbamates (subject to hydrolysis) is 1. The Morgan fingerprint density at radius 1 is 1.18 bits per heavy atom. The fraction of sp³-hybridized carbons (Fsp3) is 0.292. The van der Waals surface area contributed by atoms with Crippen LogP contribution in [-0.2, 0) is 16.9 Å². The number of hydrogen-bond donors (Lipinski definition) is 2. The molecule has 172 valence electrons. The van der Waals surface area contributed by atoms with Crippen molar-refractivity contribution in [2.24, 2.45) is 0 Å². The third-order valence-electron chi connectivity index (χ3n) is 4.79. The molecule has 33 heavy (non-hydrogen) atoms. The summed E-state index contributed by atoms with van der Waals surface area (Å²) in [6.07, 6.45) is 1.86. The molecule has 0 spiro atoms. The van der Waals surface area contributed by atoms with Crippen LogP contribution in [0.1, 0.15) is 43.8 Å². The van der Waals surface area contributed by atoms with E-state index in [0.717, 1.165) is 22.0 Å². The van der Waals surface area contributed by atoms with Crippen LogP contribution in [0.15, 0.2) is 64.4 Å². The van der Waals surface area contributed by atoms with Gasteiger partial charge in [-0.3, -0.25) is 0 Å². The largest absolute Gasteiger partial charge is 0.444 e. The molecule has 2 N–H and O–H groups in total. The SMILES string of the molecule is CC(C)(C)OC(=O)N[C@H](Cc1c[nH]c2ccccc12)c1nnc(SCc2ccc(Cl)cc2)o1. The quantitative estimate of drug-likeness (QED) is 0.299. The number of amides is 1. The summed E-state index contributed by atoms with van der Waals surface area (Å²) in [4.78, 5) is 15.8. The standard InChI is InChI=1S/C24H25ClN4O3S/c1-24(2,3)32-22(30)27-20(12-16-13-26-19-7-5-4-6-18(16)19)21-28-29-23(31-21)33-14-15-8-10-17(25)11-9-15/h4-11,13,20,26H,12,14H2,1-3H3,(H,27,30)/t20-/m1/s1. The number of ether oxygens (including phenoxy) is 1. The lowest BCUT2D eigenvalue weighted by molar-refractivity contribution is 0.0494. The molecule has 2 heterocycles. The first-order valence-electron chi connectivity index (χ1n) is 10.5. The van der Waals surface area contributed by atoms with Crippen LogP contribution in [-0.4, -0.2) is 26.9 Å². The number of hydrogen-bond acceptors (Lipinski definition) is 6. The molecule has 2 aromatic heterocycles. The number of halogens is 1. The smallest absolute Gasteiger partial charge is 0.408 e. The number of fused-ring (bicyclic) bond motifs is 1. The Morgan fingerprint density at radius 3 is 2.70 bits per heavy atom. The minimum atomic E-state index is -0.621. The van der Waals surface area contributed by atoms with Crippen molar-refractivity contribution in [1.29, 1.82) is 0 Å². The molecule has 4 aromatic rings. The van der Waals surface area contributed by atoms with Crippen molar-refractivity contribution in [1.82, 2.24) is 20.5 Å². The van der Waals surface area contributed by atoms with Crippen molar-refractivity contribution in [3.8, 4) is 0 Å². The normalized spacial score (nSPS) is 12.6. The highest BCUT2D eigenvalue weighted by Crippen LogP contribution is 2.28. The Kier molecular flexibility index (Phi) is 6.95. The molecule has 1 atom stereocenters. The van der Waals surface area contributed by atoms with Gasteiger partial charge in [-0.15, -0.1) is 10.2 Å². The lowest BCUT2D eigenvalue weighted by Crippen LogP contribution is -2.36. The van der Waals surface area contributed by atoms with Gasteiger partial charge in [-0.1, -0.05) is 53.7 Å². The molecule has 7 nitrogen and oxygen atoms in total. The fourth-order valence-electron chi connectivity index (χ4n) is 3.32. The summed E-state index contributed by atoms with van der Waals surface area (Å²) in [5, 5.41) is 13.5. The second-order valence-electron chi connectivity index (χ2n) is 8.58. The van der Waals surface area contributed by atoms with Crippen LogP contribution in [0.3, 0.4) is 0 Å². The highest BCUT2D eigenvalue weighted by Gasteiger charge is 2.26. The van der Waals surface area contributed by atoms with E-state index in [-0.39, 0.29) is 0 Å². The summed E-state index contributed by atoms with van der Waals surface area (Å²) in [6, 6.07) is 15.1. The Morgan fingerprint density at radius 2 is 1.94 bits per heavy atom. The van der Waals surface area contributed by atoms with Gasteiger partial charge in [-0.05, 0) is 50.1 Å². The average Bonchev–Trinajstić information content (AvgIpc) is 3.39. The zero-order valence-electron chi connectivity index (χ0n) is 18.6. The number of thioether (sulfide) groups is 1. The van der Waals surface area contributed by atoms with E-state index >= 15 is 0 Å². The van der Waals surface area contributed by atoms with E-state index in [0.29, 0.717) is 28.3 Å². The van der Waals surface area contributed by atoms with Gasteiger partial charge < -0.3 is 19.5 Å². The van der Waals surface area contributed by atoms with E-state index < -0.39 is 17.7 Å². The zero-order chi connectivity index (χ0) is 23.4. The molecule has 0 radical (unpaired) electrons. The first kappa shape index (κ1) is 23.2. The van der Waals surface area contributed by atoms with E-state index in [9.17, 15) is 4.79 Å². The van der Waals surface area contributed by atoms with Gasteiger partial charge in [0.25, 0.3) is 5.22 Å². The van der Waals surface area contributed by atoms with Crippen LogP contribution < -0.4 is 5.32 Å². The predicted octanol–water partition coefficient (Wildman–Crippen LogP) is 6.31. The van der Waals surface area contributed by atoms with Crippen LogP contribution >= 0.6 is 23.4 Å². The maximum absolute atomic E-state index is 12.5. The molecular formula is C24H25ClN4O3S. The number of aromatic nitrogens is 3. The van der Waals surface area contributed by atoms with E-state index in [1.807, 2.05) is 75.5 Å². The summed E-state index contributed by atoms with van der Waals surface area (Å²) >= 11 is 7.37. The van der Waals surface area contributed by atoms with Crippen molar-refractivity contribution >= 4 is 40.4 Å². The lowest BCUT2D eigenvalue weighted by atomic mass is 10.1.